The second-order valence-electron chi connectivity index (χ2n) is 6.17. The summed E-state index contributed by atoms with van der Waals surface area (Å²) in [6.07, 6.45) is 0. The molecule has 2 heterocycles. The molecule has 2 aliphatic rings. The summed E-state index contributed by atoms with van der Waals surface area (Å²) in [5.41, 5.74) is 1.65. The lowest BCUT2D eigenvalue weighted by Gasteiger charge is -2.34. The smallest absolute Gasteiger partial charge is 0.321 e. The number of benzene rings is 1. The minimum absolute atomic E-state index is 0.0872. The predicted octanol–water partition coefficient (Wildman–Crippen LogP) is 1.01. The summed E-state index contributed by atoms with van der Waals surface area (Å²) >= 11 is 0. The number of likely N-dealkylation sites (N-methyl/N-ethyl adjacent to an activating group) is 1. The van der Waals surface area contributed by atoms with Gasteiger partial charge in [0.15, 0.2) is 0 Å². The molecule has 1 saturated heterocycles. The van der Waals surface area contributed by atoms with Gasteiger partial charge in [0.1, 0.15) is 12.4 Å². The van der Waals surface area contributed by atoms with Crippen molar-refractivity contribution in [1.29, 1.82) is 0 Å². The maximum atomic E-state index is 12.4. The number of nitrogens with zero attached hydrogens (tertiary/aromatic N) is 3. The fourth-order valence-electron chi connectivity index (χ4n) is 2.98. The Bertz CT molecular complexity index is 745. The molecule has 0 aromatic heterocycles. The highest BCUT2D eigenvalue weighted by atomic mass is 32.2. The highest BCUT2D eigenvalue weighted by Gasteiger charge is 2.27. The fourth-order valence-corrected chi connectivity index (χ4v) is 4.07. The summed E-state index contributed by atoms with van der Waals surface area (Å²) in [5.74, 6) is 0.898. The first-order chi connectivity index (χ1) is 11.9. The van der Waals surface area contributed by atoms with Crippen molar-refractivity contribution in [2.24, 2.45) is 0 Å². The molecule has 2 aliphatic heterocycles. The summed E-state index contributed by atoms with van der Waals surface area (Å²) in [6, 6.07) is 5.34. The average Bonchev–Trinajstić information content (AvgIpc) is 2.62. The number of sulfonamides is 1. The zero-order chi connectivity index (χ0) is 18.0. The average molecular weight is 368 g/mol. The van der Waals surface area contributed by atoms with E-state index in [2.05, 4.69) is 10.2 Å². The molecule has 3 rings (SSSR count). The molecule has 0 bridgehead atoms. The van der Waals surface area contributed by atoms with E-state index in [4.69, 9.17) is 4.74 Å². The lowest BCUT2D eigenvalue weighted by atomic mass is 10.2. The van der Waals surface area contributed by atoms with Gasteiger partial charge < -0.3 is 19.9 Å². The molecule has 1 aromatic rings. The van der Waals surface area contributed by atoms with Crippen LogP contribution in [0.25, 0.3) is 0 Å². The van der Waals surface area contributed by atoms with Gasteiger partial charge in [-0.05, 0) is 25.1 Å². The maximum absolute atomic E-state index is 12.4. The number of carbonyl (C=O) groups is 1. The number of amides is 2. The van der Waals surface area contributed by atoms with Gasteiger partial charge in [-0.1, -0.05) is 0 Å². The Morgan fingerprint density at radius 3 is 2.60 bits per heavy atom. The van der Waals surface area contributed by atoms with E-state index >= 15 is 0 Å². The highest BCUT2D eigenvalue weighted by molar-refractivity contribution is 7.89. The van der Waals surface area contributed by atoms with Crippen LogP contribution in [0.4, 0.5) is 16.2 Å². The van der Waals surface area contributed by atoms with Gasteiger partial charge in [0.05, 0.1) is 18.0 Å². The fraction of sp³-hybridized carbons (Fsp3) is 0.562. The Kier molecular flexibility index (Phi) is 5.05. The molecule has 0 atom stereocenters. The summed E-state index contributed by atoms with van der Waals surface area (Å²) in [7, 11) is -1.20. The van der Waals surface area contributed by atoms with Crippen LogP contribution in [-0.2, 0) is 10.0 Å². The van der Waals surface area contributed by atoms with Gasteiger partial charge in [0.25, 0.3) is 0 Å². The third-order valence-electron chi connectivity index (χ3n) is 4.59. The van der Waals surface area contributed by atoms with Crippen molar-refractivity contribution in [3.8, 4) is 5.75 Å². The van der Waals surface area contributed by atoms with Gasteiger partial charge >= 0.3 is 6.03 Å². The zero-order valence-electron chi connectivity index (χ0n) is 14.6. The van der Waals surface area contributed by atoms with Gasteiger partial charge in [-0.2, -0.15) is 4.31 Å². The van der Waals surface area contributed by atoms with Gasteiger partial charge in [-0.3, -0.25) is 0 Å². The Morgan fingerprint density at radius 1 is 1.20 bits per heavy atom. The van der Waals surface area contributed by atoms with Crippen molar-refractivity contribution in [1.82, 2.24) is 9.21 Å². The van der Waals surface area contributed by atoms with E-state index in [1.807, 2.05) is 25.2 Å². The van der Waals surface area contributed by atoms with Crippen LogP contribution in [0.1, 0.15) is 6.92 Å². The van der Waals surface area contributed by atoms with Crippen molar-refractivity contribution in [3.05, 3.63) is 18.2 Å². The van der Waals surface area contributed by atoms with Crippen LogP contribution >= 0.6 is 0 Å². The minimum Gasteiger partial charge on any atom is -0.490 e. The highest BCUT2D eigenvalue weighted by Crippen LogP contribution is 2.33. The lowest BCUT2D eigenvalue weighted by molar-refractivity contribution is 0.184. The van der Waals surface area contributed by atoms with Gasteiger partial charge in [-0.15, -0.1) is 0 Å². The number of fused-ring (bicyclic) bond motifs is 1. The molecule has 0 radical (unpaired) electrons. The number of anilines is 2. The third kappa shape index (κ3) is 3.82. The van der Waals surface area contributed by atoms with Gasteiger partial charge in [-0.25, -0.2) is 13.2 Å². The second-order valence-corrected chi connectivity index (χ2v) is 8.43. The van der Waals surface area contributed by atoms with E-state index in [1.54, 1.807) is 11.8 Å². The summed E-state index contributed by atoms with van der Waals surface area (Å²) in [4.78, 5) is 16.2. The number of nitrogens with one attached hydrogen (secondary N) is 1. The second kappa shape index (κ2) is 7.09. The quantitative estimate of drug-likeness (QED) is 0.861. The van der Waals surface area contributed by atoms with E-state index in [9.17, 15) is 13.2 Å². The normalized spacial score (nSPS) is 18.5. The zero-order valence-corrected chi connectivity index (χ0v) is 15.4. The Hall–Kier alpha value is -2.00. The molecule has 0 aliphatic carbocycles. The number of piperazine rings is 1. The SMILES string of the molecule is CCS(=O)(=O)N1CCN(C(=O)Nc2ccc3c(c2)N(C)CCO3)CC1. The topological polar surface area (TPSA) is 82.2 Å². The number of hydrogen-bond acceptors (Lipinski definition) is 5. The van der Waals surface area contributed by atoms with Crippen molar-refractivity contribution in [2.75, 3.05) is 62.3 Å². The number of urea groups is 1. The molecular weight excluding hydrogens is 344 g/mol. The standard InChI is InChI=1S/C16H24N4O4S/c1-3-25(22,23)20-8-6-19(7-9-20)16(21)17-13-4-5-15-14(12-13)18(2)10-11-24-15/h4-5,12H,3,6-11H2,1-2H3,(H,17,21). The number of ether oxygens (including phenoxy) is 1. The van der Waals surface area contributed by atoms with Crippen LogP contribution in [-0.4, -0.2) is 75.8 Å². The predicted molar refractivity (Wildman–Crippen MR) is 96.8 cm³/mol. The molecular formula is C16H24N4O4S. The van der Waals surface area contributed by atoms with Gasteiger partial charge in [0, 0.05) is 38.9 Å². The maximum Gasteiger partial charge on any atom is 0.321 e. The number of rotatable bonds is 3. The van der Waals surface area contributed by atoms with Gasteiger partial charge in [0.2, 0.25) is 10.0 Å². The van der Waals surface area contributed by atoms with Crippen LogP contribution < -0.4 is 15.0 Å². The first-order valence-electron chi connectivity index (χ1n) is 8.42. The number of hydrogen-bond donors (Lipinski definition) is 1. The molecule has 1 N–H and O–H groups in total. The molecule has 9 heteroatoms. The first-order valence-corrected chi connectivity index (χ1v) is 10.0. The molecule has 0 spiro atoms. The summed E-state index contributed by atoms with van der Waals surface area (Å²) < 4.78 is 30.8. The molecule has 1 aromatic carbocycles. The van der Waals surface area contributed by atoms with Crippen LogP contribution in [0.15, 0.2) is 18.2 Å². The monoisotopic (exact) mass is 368 g/mol. The van der Waals surface area contributed by atoms with Crippen LogP contribution in [0, 0.1) is 0 Å². The Balaban J connectivity index is 1.61. The van der Waals surface area contributed by atoms with Crippen molar-refractivity contribution < 1.29 is 17.9 Å². The van der Waals surface area contributed by atoms with Crippen molar-refractivity contribution in [3.63, 3.8) is 0 Å². The molecule has 25 heavy (non-hydrogen) atoms. The summed E-state index contributed by atoms with van der Waals surface area (Å²) in [5, 5.41) is 2.89. The van der Waals surface area contributed by atoms with E-state index in [0.717, 1.165) is 18.0 Å². The number of carbonyl (C=O) groups excluding carboxylic acids is 1. The molecule has 1 fully saturated rings. The first kappa shape index (κ1) is 17.8. The van der Waals surface area contributed by atoms with E-state index in [-0.39, 0.29) is 11.8 Å². The lowest BCUT2D eigenvalue weighted by Crippen LogP contribution is -2.51. The van der Waals surface area contributed by atoms with Crippen LogP contribution in [0.3, 0.4) is 0 Å². The Labute approximate surface area is 148 Å². The molecule has 0 saturated carbocycles. The van der Waals surface area contributed by atoms with Crippen LogP contribution in [0.5, 0.6) is 5.75 Å². The largest absolute Gasteiger partial charge is 0.490 e. The molecule has 0 unspecified atom stereocenters. The van der Waals surface area contributed by atoms with Crippen LogP contribution in [0.2, 0.25) is 0 Å². The van der Waals surface area contributed by atoms with E-state index < -0.39 is 10.0 Å². The molecule has 8 nitrogen and oxygen atoms in total. The van der Waals surface area contributed by atoms with E-state index in [1.165, 1.54) is 4.31 Å². The third-order valence-corrected chi connectivity index (χ3v) is 6.47. The Morgan fingerprint density at radius 2 is 1.92 bits per heavy atom. The molecule has 138 valence electrons. The van der Waals surface area contributed by atoms with E-state index in [0.29, 0.717) is 38.5 Å². The summed E-state index contributed by atoms with van der Waals surface area (Å²) in [6.45, 7) is 4.54. The van der Waals surface area contributed by atoms with Crippen molar-refractivity contribution in [2.45, 2.75) is 6.92 Å². The van der Waals surface area contributed by atoms with Crippen molar-refractivity contribution >= 4 is 27.4 Å². The minimum atomic E-state index is -3.19. The molecule has 2 amide bonds.